The number of furan rings is 1. The maximum atomic E-state index is 6.73. The van der Waals surface area contributed by atoms with Crippen molar-refractivity contribution in [2.24, 2.45) is 0 Å². The van der Waals surface area contributed by atoms with Gasteiger partial charge in [0.05, 0.1) is 11.1 Å². The van der Waals surface area contributed by atoms with E-state index in [2.05, 4.69) is 241 Å². The first kappa shape index (κ1) is 35.7. The molecule has 11 aromatic carbocycles. The van der Waals surface area contributed by atoms with Gasteiger partial charge in [0.15, 0.2) is 0 Å². The quantitative estimate of drug-likeness (QED) is 0.150. The zero-order chi connectivity index (χ0) is 41.0. The van der Waals surface area contributed by atoms with Gasteiger partial charge in [0.1, 0.15) is 11.2 Å². The maximum Gasteiger partial charge on any atom is 0.143 e. The van der Waals surface area contributed by atoms with Crippen LogP contribution in [0.5, 0.6) is 0 Å². The Hall–Kier alpha value is -8.20. The molecule has 0 N–H and O–H groups in total. The highest BCUT2D eigenvalue weighted by Crippen LogP contribution is 2.46. The van der Waals surface area contributed by atoms with Crippen LogP contribution in [-0.2, 0) is 0 Å². The minimum atomic E-state index is 0.862. The average Bonchev–Trinajstić information content (AvgIpc) is 3.75. The Bertz CT molecular complexity index is 3550. The number of nitrogens with zero attached hydrogens (tertiary/aromatic N) is 1. The molecule has 0 unspecified atom stereocenters. The second kappa shape index (κ2) is 14.8. The molecule has 290 valence electrons. The number of hydrogen-bond acceptors (Lipinski definition) is 2. The summed E-state index contributed by atoms with van der Waals surface area (Å²) in [6.07, 6.45) is 0. The van der Waals surface area contributed by atoms with Gasteiger partial charge >= 0.3 is 0 Å². The highest BCUT2D eigenvalue weighted by molar-refractivity contribution is 6.20. The van der Waals surface area contributed by atoms with Gasteiger partial charge in [-0.15, -0.1) is 0 Å². The van der Waals surface area contributed by atoms with Gasteiger partial charge < -0.3 is 9.32 Å². The van der Waals surface area contributed by atoms with Gasteiger partial charge in [-0.3, -0.25) is 0 Å². The summed E-state index contributed by atoms with van der Waals surface area (Å²) in [7, 11) is 0. The highest BCUT2D eigenvalue weighted by atomic mass is 16.3. The predicted octanol–water partition coefficient (Wildman–Crippen LogP) is 17.2. The molecule has 0 radical (unpaired) electrons. The van der Waals surface area contributed by atoms with E-state index in [1.165, 1.54) is 60.5 Å². The van der Waals surface area contributed by atoms with Crippen LogP contribution in [-0.4, -0.2) is 0 Å². The zero-order valence-electron chi connectivity index (χ0n) is 33.9. The van der Waals surface area contributed by atoms with Crippen LogP contribution in [0.15, 0.2) is 241 Å². The molecule has 0 atom stereocenters. The minimum Gasteiger partial charge on any atom is -0.455 e. The van der Waals surface area contributed by atoms with Crippen LogP contribution in [0.25, 0.3) is 98.8 Å². The fraction of sp³-hybridized carbons (Fsp3) is 0. The molecule has 12 rings (SSSR count). The van der Waals surface area contributed by atoms with Crippen LogP contribution in [0.1, 0.15) is 0 Å². The van der Waals surface area contributed by atoms with Gasteiger partial charge in [-0.05, 0) is 138 Å². The second-order valence-corrected chi connectivity index (χ2v) is 16.1. The molecule has 0 saturated carbocycles. The summed E-state index contributed by atoms with van der Waals surface area (Å²) >= 11 is 0. The van der Waals surface area contributed by atoms with E-state index in [0.29, 0.717) is 0 Å². The van der Waals surface area contributed by atoms with Crippen LogP contribution in [0.4, 0.5) is 17.1 Å². The van der Waals surface area contributed by atoms with E-state index in [4.69, 9.17) is 4.42 Å². The van der Waals surface area contributed by atoms with Crippen molar-refractivity contribution in [3.05, 3.63) is 237 Å². The summed E-state index contributed by atoms with van der Waals surface area (Å²) in [5.41, 5.74) is 14.5. The van der Waals surface area contributed by atoms with E-state index in [-0.39, 0.29) is 0 Å². The molecular weight excluding hydrogens is 751 g/mol. The number of anilines is 3. The molecule has 2 heteroatoms. The van der Waals surface area contributed by atoms with Crippen LogP contribution in [0, 0.1) is 0 Å². The Morgan fingerprint density at radius 3 is 1.45 bits per heavy atom. The van der Waals surface area contributed by atoms with Crippen LogP contribution < -0.4 is 4.90 Å². The SMILES string of the molecule is c1ccc(-c2cc(-c3ccccc3)cc(-c3ccc(N(c4ccc(-c5cc6ccccc6c6ccccc56)cc4)c4cccc5oc6c7ccccc7ccc6c45)cc3)c2)cc1. The van der Waals surface area contributed by atoms with Crippen molar-refractivity contribution >= 4 is 71.3 Å². The third-order valence-corrected chi connectivity index (χ3v) is 12.4. The second-order valence-electron chi connectivity index (χ2n) is 16.1. The Morgan fingerprint density at radius 1 is 0.290 bits per heavy atom. The third kappa shape index (κ3) is 6.12. The molecule has 0 amide bonds. The van der Waals surface area contributed by atoms with Gasteiger partial charge in [-0.25, -0.2) is 0 Å². The average molecular weight is 790 g/mol. The zero-order valence-corrected chi connectivity index (χ0v) is 33.9. The number of benzene rings is 11. The Kier molecular flexibility index (Phi) is 8.53. The number of rotatable bonds is 7. The topological polar surface area (TPSA) is 16.4 Å². The molecule has 0 aliphatic carbocycles. The van der Waals surface area contributed by atoms with E-state index in [0.717, 1.165) is 55.3 Å². The van der Waals surface area contributed by atoms with E-state index in [9.17, 15) is 0 Å². The Balaban J connectivity index is 1.02. The first-order valence-electron chi connectivity index (χ1n) is 21.2. The molecule has 0 aliphatic rings. The van der Waals surface area contributed by atoms with E-state index >= 15 is 0 Å². The lowest BCUT2D eigenvalue weighted by atomic mass is 9.93. The lowest BCUT2D eigenvalue weighted by Crippen LogP contribution is -2.10. The molecule has 0 saturated heterocycles. The fourth-order valence-corrected chi connectivity index (χ4v) is 9.42. The molecule has 2 nitrogen and oxygen atoms in total. The molecular formula is C60H39NO. The molecule has 0 fully saturated rings. The van der Waals surface area contributed by atoms with Crippen LogP contribution in [0.2, 0.25) is 0 Å². The molecule has 0 bridgehead atoms. The van der Waals surface area contributed by atoms with Gasteiger partial charge in [0.2, 0.25) is 0 Å². The lowest BCUT2D eigenvalue weighted by Gasteiger charge is -2.27. The van der Waals surface area contributed by atoms with Crippen molar-refractivity contribution in [1.82, 2.24) is 0 Å². The van der Waals surface area contributed by atoms with Gasteiger partial charge in [-0.1, -0.05) is 170 Å². The highest BCUT2D eigenvalue weighted by Gasteiger charge is 2.21. The van der Waals surface area contributed by atoms with Crippen LogP contribution >= 0.6 is 0 Å². The lowest BCUT2D eigenvalue weighted by molar-refractivity contribution is 0.672. The number of fused-ring (bicyclic) bond motifs is 8. The summed E-state index contributed by atoms with van der Waals surface area (Å²) in [6, 6.07) is 85.4. The standard InChI is InChI=1S/C60H39NO/c1-3-14-40(15-4-1)46-36-47(41-16-5-2-6-17-41)38-48(37-46)42-26-31-49(32-27-42)61(57-24-13-25-58-59(57)55-35-30-43-18-7-10-21-52(43)60(55)62-58)50-33-28-44(29-34-50)56-39-45-19-8-9-20-51(45)53-22-11-12-23-54(53)56/h1-39H. The normalized spacial score (nSPS) is 11.5. The summed E-state index contributed by atoms with van der Waals surface area (Å²) in [6.45, 7) is 0. The largest absolute Gasteiger partial charge is 0.455 e. The van der Waals surface area contributed by atoms with Crippen molar-refractivity contribution in [3.8, 4) is 44.5 Å². The van der Waals surface area contributed by atoms with Gasteiger partial charge in [0.25, 0.3) is 0 Å². The van der Waals surface area contributed by atoms with Crippen molar-refractivity contribution < 1.29 is 4.42 Å². The minimum absolute atomic E-state index is 0.862. The third-order valence-electron chi connectivity index (χ3n) is 12.4. The van der Waals surface area contributed by atoms with Crippen molar-refractivity contribution in [2.45, 2.75) is 0 Å². The first-order chi connectivity index (χ1) is 30.7. The smallest absolute Gasteiger partial charge is 0.143 e. The van der Waals surface area contributed by atoms with E-state index < -0.39 is 0 Å². The molecule has 12 aromatic rings. The summed E-state index contributed by atoms with van der Waals surface area (Å²) in [4.78, 5) is 2.38. The Morgan fingerprint density at radius 2 is 0.806 bits per heavy atom. The maximum absolute atomic E-state index is 6.73. The van der Waals surface area contributed by atoms with E-state index in [1.54, 1.807) is 0 Å². The summed E-state index contributed by atoms with van der Waals surface area (Å²) < 4.78 is 6.73. The molecule has 62 heavy (non-hydrogen) atoms. The van der Waals surface area contributed by atoms with Crippen molar-refractivity contribution in [1.29, 1.82) is 0 Å². The fourth-order valence-electron chi connectivity index (χ4n) is 9.42. The molecule has 0 aliphatic heterocycles. The van der Waals surface area contributed by atoms with E-state index in [1.807, 2.05) is 0 Å². The monoisotopic (exact) mass is 789 g/mol. The van der Waals surface area contributed by atoms with Crippen molar-refractivity contribution in [3.63, 3.8) is 0 Å². The van der Waals surface area contributed by atoms with Crippen molar-refractivity contribution in [2.75, 3.05) is 4.90 Å². The number of hydrogen-bond donors (Lipinski definition) is 0. The van der Waals surface area contributed by atoms with Gasteiger partial charge in [0, 0.05) is 22.1 Å². The summed E-state index contributed by atoms with van der Waals surface area (Å²) in [5.74, 6) is 0. The first-order valence-corrected chi connectivity index (χ1v) is 21.2. The van der Waals surface area contributed by atoms with Crippen LogP contribution in [0.3, 0.4) is 0 Å². The molecule has 1 heterocycles. The molecule has 1 aromatic heterocycles. The predicted molar refractivity (Wildman–Crippen MR) is 263 cm³/mol. The van der Waals surface area contributed by atoms with Gasteiger partial charge in [-0.2, -0.15) is 0 Å². The summed E-state index contributed by atoms with van der Waals surface area (Å²) in [5, 5.41) is 9.49. The Labute approximate surface area is 360 Å². The molecule has 0 spiro atoms.